The Morgan fingerprint density at radius 2 is 2.11 bits per heavy atom. The number of hydrogen-bond donors (Lipinski definition) is 2. The summed E-state index contributed by atoms with van der Waals surface area (Å²) in [6.07, 6.45) is 2.87. The van der Waals surface area contributed by atoms with Crippen LogP contribution in [0, 0.1) is 0 Å². The quantitative estimate of drug-likeness (QED) is 0.520. The van der Waals surface area contributed by atoms with Crippen LogP contribution in [0.2, 0.25) is 0 Å². The van der Waals surface area contributed by atoms with Crippen molar-refractivity contribution in [3.8, 4) is 0 Å². The molecule has 0 aromatic heterocycles. The fraction of sp³-hybridized carbons (Fsp3) is 0.333. The zero-order chi connectivity index (χ0) is 6.85. The Balaban J connectivity index is 2.73. The largest absolute Gasteiger partial charge is 0.386 e. The van der Waals surface area contributed by atoms with Crippen molar-refractivity contribution >= 4 is 11.6 Å². The van der Waals surface area contributed by atoms with E-state index >= 15 is 0 Å². The zero-order valence-electron chi connectivity index (χ0n) is 4.66. The monoisotopic (exact) mass is 146 g/mol. The second-order valence-electron chi connectivity index (χ2n) is 1.87. The average Bonchev–Trinajstić information content (AvgIpc) is 1.83. The fourth-order valence-electron chi connectivity index (χ4n) is 0.628. The molecule has 0 bridgehead atoms. The van der Waals surface area contributed by atoms with E-state index in [9.17, 15) is 0 Å². The lowest BCUT2D eigenvalue weighted by Gasteiger charge is -2.15. The summed E-state index contributed by atoms with van der Waals surface area (Å²) >= 11 is 5.46. The van der Waals surface area contributed by atoms with Crippen molar-refractivity contribution in [1.82, 2.24) is 0 Å². The molecule has 1 aliphatic rings. The lowest BCUT2D eigenvalue weighted by atomic mass is 10.1. The number of allylic oxidation sites excluding steroid dienone is 2. The molecule has 0 heterocycles. The van der Waals surface area contributed by atoms with Gasteiger partial charge in [0.25, 0.3) is 0 Å². The van der Waals surface area contributed by atoms with Gasteiger partial charge in [0, 0.05) is 5.03 Å². The Bertz CT molecular complexity index is 162. The molecule has 2 atom stereocenters. The maximum Gasteiger partial charge on any atom is 0.119 e. The second-order valence-corrected chi connectivity index (χ2v) is 2.31. The van der Waals surface area contributed by atoms with Crippen LogP contribution >= 0.6 is 11.6 Å². The standard InChI is InChI=1S/C6H7ClO2/c7-4-2-1-3-5(8)6(4)9/h1-3,5-6,8-9H/t5-,6-/m0/s1. The smallest absolute Gasteiger partial charge is 0.119 e. The van der Waals surface area contributed by atoms with Crippen LogP contribution in [0.15, 0.2) is 23.3 Å². The van der Waals surface area contributed by atoms with Gasteiger partial charge < -0.3 is 10.2 Å². The van der Waals surface area contributed by atoms with Gasteiger partial charge in [-0.05, 0) is 6.08 Å². The first kappa shape index (κ1) is 6.81. The molecule has 0 unspecified atom stereocenters. The van der Waals surface area contributed by atoms with Gasteiger partial charge in [-0.2, -0.15) is 0 Å². The van der Waals surface area contributed by atoms with Gasteiger partial charge >= 0.3 is 0 Å². The van der Waals surface area contributed by atoms with Crippen LogP contribution in [0.25, 0.3) is 0 Å². The third-order valence-corrected chi connectivity index (χ3v) is 1.52. The molecule has 0 saturated carbocycles. The van der Waals surface area contributed by atoms with Crippen molar-refractivity contribution in [1.29, 1.82) is 0 Å². The number of hydrogen-bond acceptors (Lipinski definition) is 2. The summed E-state index contributed by atoms with van der Waals surface area (Å²) in [5.41, 5.74) is 0. The summed E-state index contributed by atoms with van der Waals surface area (Å²) in [4.78, 5) is 0. The molecule has 1 aliphatic carbocycles. The first-order valence-electron chi connectivity index (χ1n) is 2.62. The van der Waals surface area contributed by atoms with E-state index in [1.165, 1.54) is 6.08 Å². The first-order chi connectivity index (χ1) is 4.22. The third kappa shape index (κ3) is 1.33. The van der Waals surface area contributed by atoms with Gasteiger partial charge in [0.1, 0.15) is 12.2 Å². The molecule has 1 rings (SSSR count). The lowest BCUT2D eigenvalue weighted by Crippen LogP contribution is -2.25. The first-order valence-corrected chi connectivity index (χ1v) is 2.99. The van der Waals surface area contributed by atoms with Crippen molar-refractivity contribution in [3.63, 3.8) is 0 Å². The highest BCUT2D eigenvalue weighted by atomic mass is 35.5. The lowest BCUT2D eigenvalue weighted by molar-refractivity contribution is 0.0764. The highest BCUT2D eigenvalue weighted by molar-refractivity contribution is 6.30. The molecule has 0 aromatic rings. The van der Waals surface area contributed by atoms with Gasteiger partial charge in [-0.15, -0.1) is 0 Å². The minimum atomic E-state index is -0.934. The van der Waals surface area contributed by atoms with E-state index in [4.69, 9.17) is 21.8 Å². The number of aliphatic hydroxyl groups excluding tert-OH is 2. The predicted molar refractivity (Wildman–Crippen MR) is 35.1 cm³/mol. The van der Waals surface area contributed by atoms with Crippen LogP contribution in [-0.2, 0) is 0 Å². The molecular formula is C6H7ClO2. The Morgan fingerprint density at radius 1 is 1.44 bits per heavy atom. The summed E-state index contributed by atoms with van der Waals surface area (Å²) < 4.78 is 0. The molecule has 0 aromatic carbocycles. The van der Waals surface area contributed by atoms with E-state index in [0.29, 0.717) is 0 Å². The number of rotatable bonds is 0. The molecular weight excluding hydrogens is 140 g/mol. The minimum absolute atomic E-state index is 0.282. The van der Waals surface area contributed by atoms with Gasteiger partial charge in [-0.3, -0.25) is 0 Å². The summed E-state index contributed by atoms with van der Waals surface area (Å²) in [5.74, 6) is 0. The summed E-state index contributed by atoms with van der Waals surface area (Å²) in [6.45, 7) is 0. The maximum absolute atomic E-state index is 8.94. The average molecular weight is 147 g/mol. The SMILES string of the molecule is O[C@H]1C=CC=C(Cl)[C@@H]1O. The molecule has 0 radical (unpaired) electrons. The van der Waals surface area contributed by atoms with Crippen molar-refractivity contribution in [3.05, 3.63) is 23.3 Å². The van der Waals surface area contributed by atoms with Gasteiger partial charge in [0.05, 0.1) is 0 Å². The molecule has 0 aliphatic heterocycles. The summed E-state index contributed by atoms with van der Waals surface area (Å²) in [5, 5.41) is 18.1. The Kier molecular flexibility index (Phi) is 1.90. The summed E-state index contributed by atoms with van der Waals surface area (Å²) in [6, 6.07) is 0. The number of aliphatic hydroxyl groups is 2. The van der Waals surface area contributed by atoms with Crippen molar-refractivity contribution < 1.29 is 10.2 Å². The number of halogens is 1. The van der Waals surface area contributed by atoms with Crippen LogP contribution in [-0.4, -0.2) is 22.4 Å². The van der Waals surface area contributed by atoms with Crippen LogP contribution < -0.4 is 0 Å². The third-order valence-electron chi connectivity index (χ3n) is 1.17. The fourth-order valence-corrected chi connectivity index (χ4v) is 0.830. The van der Waals surface area contributed by atoms with E-state index in [1.54, 1.807) is 12.2 Å². The topological polar surface area (TPSA) is 40.5 Å². The molecule has 3 heteroatoms. The molecule has 50 valence electrons. The predicted octanol–water partition coefficient (Wildman–Crippen LogP) is 0.401. The van der Waals surface area contributed by atoms with Crippen molar-refractivity contribution in [2.75, 3.05) is 0 Å². The molecule has 9 heavy (non-hydrogen) atoms. The maximum atomic E-state index is 8.94. The van der Waals surface area contributed by atoms with Gasteiger partial charge in [0.2, 0.25) is 0 Å². The van der Waals surface area contributed by atoms with E-state index in [0.717, 1.165) is 0 Å². The van der Waals surface area contributed by atoms with Crippen molar-refractivity contribution in [2.45, 2.75) is 12.2 Å². The summed E-state index contributed by atoms with van der Waals surface area (Å²) in [7, 11) is 0. The molecule has 0 spiro atoms. The Hall–Kier alpha value is -0.310. The van der Waals surface area contributed by atoms with Crippen LogP contribution in [0.5, 0.6) is 0 Å². The van der Waals surface area contributed by atoms with E-state index in [-0.39, 0.29) is 5.03 Å². The van der Waals surface area contributed by atoms with Crippen LogP contribution in [0.1, 0.15) is 0 Å². The van der Waals surface area contributed by atoms with Crippen LogP contribution in [0.4, 0.5) is 0 Å². The van der Waals surface area contributed by atoms with E-state index < -0.39 is 12.2 Å². The van der Waals surface area contributed by atoms with E-state index in [1.807, 2.05) is 0 Å². The molecule has 2 N–H and O–H groups in total. The minimum Gasteiger partial charge on any atom is -0.386 e. The van der Waals surface area contributed by atoms with E-state index in [2.05, 4.69) is 0 Å². The highest BCUT2D eigenvalue weighted by Gasteiger charge is 2.18. The molecule has 0 amide bonds. The Morgan fingerprint density at radius 3 is 2.56 bits per heavy atom. The van der Waals surface area contributed by atoms with Gasteiger partial charge in [0.15, 0.2) is 0 Å². The molecule has 2 nitrogen and oxygen atoms in total. The normalized spacial score (nSPS) is 34.3. The second kappa shape index (κ2) is 2.52. The van der Waals surface area contributed by atoms with Gasteiger partial charge in [-0.1, -0.05) is 23.8 Å². The van der Waals surface area contributed by atoms with Crippen LogP contribution in [0.3, 0.4) is 0 Å². The molecule has 0 fully saturated rings. The zero-order valence-corrected chi connectivity index (χ0v) is 5.42. The molecule has 0 saturated heterocycles. The van der Waals surface area contributed by atoms with Gasteiger partial charge in [-0.25, -0.2) is 0 Å². The van der Waals surface area contributed by atoms with Crippen molar-refractivity contribution in [2.24, 2.45) is 0 Å². The Labute approximate surface area is 58.1 Å². The highest BCUT2D eigenvalue weighted by Crippen LogP contribution is 2.16.